The lowest BCUT2D eigenvalue weighted by Gasteiger charge is -2.14. The Labute approximate surface area is 141 Å². The summed E-state index contributed by atoms with van der Waals surface area (Å²) < 4.78 is 13.7. The maximum Gasteiger partial charge on any atom is 0.270 e. The van der Waals surface area contributed by atoms with Crippen LogP contribution in [0, 0.1) is 5.82 Å². The van der Waals surface area contributed by atoms with Crippen LogP contribution in [0.1, 0.15) is 5.56 Å². The van der Waals surface area contributed by atoms with Gasteiger partial charge in [0, 0.05) is 5.02 Å². The van der Waals surface area contributed by atoms with Crippen LogP contribution in [0.5, 0.6) is 0 Å². The molecule has 1 fully saturated rings. The summed E-state index contributed by atoms with van der Waals surface area (Å²) in [6.45, 7) is 0. The van der Waals surface area contributed by atoms with Crippen molar-refractivity contribution in [3.63, 3.8) is 0 Å². The van der Waals surface area contributed by atoms with Crippen LogP contribution >= 0.6 is 35.6 Å². The SMILES string of the molecule is O=C1/C(=C/c2cccc(Cl)c2)SC(=S)N1c1cccc(F)c1. The molecule has 0 radical (unpaired) electrons. The lowest BCUT2D eigenvalue weighted by atomic mass is 10.2. The summed E-state index contributed by atoms with van der Waals surface area (Å²) in [7, 11) is 0. The van der Waals surface area contributed by atoms with E-state index in [1.807, 2.05) is 12.1 Å². The molecule has 0 unspecified atom stereocenters. The van der Waals surface area contributed by atoms with Crippen LogP contribution in [0.2, 0.25) is 5.02 Å². The predicted molar refractivity (Wildman–Crippen MR) is 93.5 cm³/mol. The Morgan fingerprint density at radius 1 is 1.18 bits per heavy atom. The second-order valence-corrected chi connectivity index (χ2v) is 6.66. The molecule has 6 heteroatoms. The molecular weight excluding hydrogens is 341 g/mol. The number of amides is 1. The van der Waals surface area contributed by atoms with E-state index in [0.29, 0.717) is 19.9 Å². The molecule has 0 aliphatic carbocycles. The number of hydrogen-bond donors (Lipinski definition) is 0. The largest absolute Gasteiger partial charge is 0.270 e. The van der Waals surface area contributed by atoms with Gasteiger partial charge in [0.2, 0.25) is 0 Å². The highest BCUT2D eigenvalue weighted by Crippen LogP contribution is 2.36. The van der Waals surface area contributed by atoms with E-state index in [4.69, 9.17) is 23.8 Å². The zero-order chi connectivity index (χ0) is 15.7. The number of halogens is 2. The molecular formula is C16H9ClFNOS2. The number of anilines is 1. The van der Waals surface area contributed by atoms with E-state index in [-0.39, 0.29) is 5.91 Å². The van der Waals surface area contributed by atoms with Gasteiger partial charge in [0.1, 0.15) is 5.82 Å². The van der Waals surface area contributed by atoms with Gasteiger partial charge >= 0.3 is 0 Å². The first kappa shape index (κ1) is 15.2. The summed E-state index contributed by atoms with van der Waals surface area (Å²) in [6.07, 6.45) is 1.73. The molecule has 2 aromatic carbocycles. The summed E-state index contributed by atoms with van der Waals surface area (Å²) in [5, 5.41) is 0.592. The highest BCUT2D eigenvalue weighted by atomic mass is 35.5. The van der Waals surface area contributed by atoms with Crippen molar-refractivity contribution in [3.05, 3.63) is 69.8 Å². The van der Waals surface area contributed by atoms with Crippen molar-refractivity contribution >= 4 is 57.6 Å². The summed E-state index contributed by atoms with van der Waals surface area (Å²) in [5.41, 5.74) is 1.24. The van der Waals surface area contributed by atoms with Gasteiger partial charge in [-0.05, 0) is 42.0 Å². The van der Waals surface area contributed by atoms with E-state index >= 15 is 0 Å². The first-order valence-corrected chi connectivity index (χ1v) is 7.94. The minimum atomic E-state index is -0.412. The average Bonchev–Trinajstić information content (AvgIpc) is 2.73. The molecule has 0 saturated carbocycles. The number of hydrogen-bond acceptors (Lipinski definition) is 3. The Hall–Kier alpha value is -1.69. The number of thiocarbonyl (C=S) groups is 1. The molecule has 2 aromatic rings. The number of carbonyl (C=O) groups is 1. The topological polar surface area (TPSA) is 20.3 Å². The Morgan fingerprint density at radius 2 is 1.95 bits per heavy atom. The molecule has 2 nitrogen and oxygen atoms in total. The van der Waals surface area contributed by atoms with Gasteiger partial charge in [0.05, 0.1) is 10.6 Å². The maximum absolute atomic E-state index is 13.3. The number of rotatable bonds is 2. The van der Waals surface area contributed by atoms with Gasteiger partial charge in [-0.25, -0.2) is 4.39 Å². The van der Waals surface area contributed by atoms with E-state index < -0.39 is 5.82 Å². The molecule has 0 aromatic heterocycles. The van der Waals surface area contributed by atoms with E-state index in [1.165, 1.54) is 28.8 Å². The number of thioether (sulfide) groups is 1. The molecule has 0 bridgehead atoms. The second kappa shape index (κ2) is 6.20. The normalized spacial score (nSPS) is 16.6. The standard InChI is InChI=1S/C16H9ClFNOS2/c17-11-4-1-3-10(7-11)8-14-15(20)19(16(21)22-14)13-6-2-5-12(18)9-13/h1-9H/b14-8-. The maximum atomic E-state index is 13.3. The van der Waals surface area contributed by atoms with E-state index in [2.05, 4.69) is 0 Å². The quantitative estimate of drug-likeness (QED) is 0.569. The lowest BCUT2D eigenvalue weighted by molar-refractivity contribution is -0.113. The van der Waals surface area contributed by atoms with Crippen LogP contribution in [0.3, 0.4) is 0 Å². The van der Waals surface area contributed by atoms with Crippen LogP contribution in [-0.4, -0.2) is 10.2 Å². The third kappa shape index (κ3) is 3.06. The van der Waals surface area contributed by atoms with Crippen LogP contribution in [0.4, 0.5) is 10.1 Å². The van der Waals surface area contributed by atoms with Gasteiger partial charge in [-0.15, -0.1) is 0 Å². The van der Waals surface area contributed by atoms with Gasteiger partial charge in [-0.1, -0.05) is 53.8 Å². The molecule has 22 heavy (non-hydrogen) atoms. The molecule has 1 aliphatic heterocycles. The van der Waals surface area contributed by atoms with Crippen molar-refractivity contribution in [3.8, 4) is 0 Å². The van der Waals surface area contributed by atoms with Crippen molar-refractivity contribution < 1.29 is 9.18 Å². The molecule has 1 aliphatic rings. The van der Waals surface area contributed by atoms with Crippen molar-refractivity contribution in [2.75, 3.05) is 4.90 Å². The third-order valence-electron chi connectivity index (χ3n) is 3.01. The smallest absolute Gasteiger partial charge is 0.268 e. The zero-order valence-electron chi connectivity index (χ0n) is 11.1. The zero-order valence-corrected chi connectivity index (χ0v) is 13.5. The van der Waals surface area contributed by atoms with Crippen molar-refractivity contribution in [1.29, 1.82) is 0 Å². The van der Waals surface area contributed by atoms with Crippen molar-refractivity contribution in [2.45, 2.75) is 0 Å². The monoisotopic (exact) mass is 349 g/mol. The molecule has 1 heterocycles. The third-order valence-corrected chi connectivity index (χ3v) is 4.54. The van der Waals surface area contributed by atoms with Crippen molar-refractivity contribution in [2.24, 2.45) is 0 Å². The van der Waals surface area contributed by atoms with Crippen molar-refractivity contribution in [1.82, 2.24) is 0 Å². The second-order valence-electron chi connectivity index (χ2n) is 4.55. The first-order valence-electron chi connectivity index (χ1n) is 6.34. The van der Waals surface area contributed by atoms with Gasteiger partial charge in [-0.3, -0.25) is 9.69 Å². The fourth-order valence-corrected chi connectivity index (χ4v) is 3.55. The molecule has 0 N–H and O–H groups in total. The Bertz CT molecular complexity index is 806. The number of nitrogens with zero attached hydrogens (tertiary/aromatic N) is 1. The Morgan fingerprint density at radius 3 is 2.68 bits per heavy atom. The first-order chi connectivity index (χ1) is 10.5. The summed E-state index contributed by atoms with van der Waals surface area (Å²) >= 11 is 12.4. The molecule has 0 spiro atoms. The van der Waals surface area contributed by atoms with Gasteiger partial charge in [-0.2, -0.15) is 0 Å². The predicted octanol–water partition coefficient (Wildman–Crippen LogP) is 4.88. The lowest BCUT2D eigenvalue weighted by Crippen LogP contribution is -2.27. The highest BCUT2D eigenvalue weighted by Gasteiger charge is 2.33. The van der Waals surface area contributed by atoms with Gasteiger partial charge in [0.25, 0.3) is 5.91 Å². The summed E-state index contributed by atoms with van der Waals surface area (Å²) in [4.78, 5) is 14.3. The molecule has 1 saturated heterocycles. The Balaban J connectivity index is 1.95. The minimum Gasteiger partial charge on any atom is -0.268 e. The summed E-state index contributed by atoms with van der Waals surface area (Å²) in [6, 6.07) is 13.0. The van der Waals surface area contributed by atoms with E-state index in [9.17, 15) is 9.18 Å². The molecule has 1 amide bonds. The van der Waals surface area contributed by atoms with Gasteiger partial charge < -0.3 is 0 Å². The fourth-order valence-electron chi connectivity index (χ4n) is 2.05. The average molecular weight is 350 g/mol. The molecule has 110 valence electrons. The molecule has 3 rings (SSSR count). The number of carbonyl (C=O) groups excluding carboxylic acids is 1. The Kier molecular flexibility index (Phi) is 4.29. The van der Waals surface area contributed by atoms with E-state index in [0.717, 1.165) is 5.56 Å². The minimum absolute atomic E-state index is 0.263. The number of benzene rings is 2. The van der Waals surface area contributed by atoms with Crippen LogP contribution in [0.25, 0.3) is 6.08 Å². The summed E-state index contributed by atoms with van der Waals surface area (Å²) in [5.74, 6) is -0.675. The van der Waals surface area contributed by atoms with Crippen LogP contribution < -0.4 is 4.90 Å². The highest BCUT2D eigenvalue weighted by molar-refractivity contribution is 8.27. The van der Waals surface area contributed by atoms with E-state index in [1.54, 1.807) is 30.3 Å². The fraction of sp³-hybridized carbons (Fsp3) is 0. The molecule has 0 atom stereocenters. The van der Waals surface area contributed by atoms with Crippen LogP contribution in [-0.2, 0) is 4.79 Å². The van der Waals surface area contributed by atoms with Crippen LogP contribution in [0.15, 0.2) is 53.4 Å². The van der Waals surface area contributed by atoms with Gasteiger partial charge in [0.15, 0.2) is 4.32 Å².